The van der Waals surface area contributed by atoms with Crippen molar-refractivity contribution in [3.8, 4) is 10.7 Å². The third kappa shape index (κ3) is 2.20. The average Bonchev–Trinajstić information content (AvgIpc) is 3.10. The molecular weight excluding hydrogens is 258 g/mol. The molecule has 3 aromatic rings. The number of nitrogens with zero attached hydrogens (tertiary/aromatic N) is 4. The van der Waals surface area contributed by atoms with Crippen LogP contribution < -0.4 is 5.73 Å². The molecule has 0 spiro atoms. The van der Waals surface area contributed by atoms with Gasteiger partial charge in [0.05, 0.1) is 17.1 Å². The first-order chi connectivity index (χ1) is 9.29. The van der Waals surface area contributed by atoms with E-state index in [1.54, 1.807) is 16.0 Å². The molecule has 0 bridgehead atoms. The van der Waals surface area contributed by atoms with Gasteiger partial charge in [0, 0.05) is 37.7 Å². The van der Waals surface area contributed by atoms with Gasteiger partial charge in [0.1, 0.15) is 0 Å². The highest BCUT2D eigenvalue weighted by molar-refractivity contribution is 7.13. The quantitative estimate of drug-likeness (QED) is 0.789. The second-order valence-corrected chi connectivity index (χ2v) is 5.28. The third-order valence-electron chi connectivity index (χ3n) is 3.08. The standard InChI is InChI=1S/C13H15N5S/c1-17-9-10(8-16-17)11(7-14)18-5-4-15-13(18)12-3-2-6-19-12/h2-6,8-9,11H,7,14H2,1H3. The van der Waals surface area contributed by atoms with Crippen molar-refractivity contribution < 1.29 is 0 Å². The van der Waals surface area contributed by atoms with Gasteiger partial charge in [-0.2, -0.15) is 5.10 Å². The Balaban J connectivity index is 2.03. The maximum atomic E-state index is 5.95. The van der Waals surface area contributed by atoms with E-state index in [2.05, 4.69) is 26.1 Å². The van der Waals surface area contributed by atoms with Crippen LogP contribution in [-0.2, 0) is 7.05 Å². The number of hydrogen-bond acceptors (Lipinski definition) is 4. The largest absolute Gasteiger partial charge is 0.328 e. The van der Waals surface area contributed by atoms with E-state index >= 15 is 0 Å². The summed E-state index contributed by atoms with van der Waals surface area (Å²) in [6, 6.07) is 4.16. The number of imidazole rings is 1. The maximum Gasteiger partial charge on any atom is 0.150 e. The number of thiophene rings is 1. The first-order valence-corrected chi connectivity index (χ1v) is 6.93. The predicted octanol–water partition coefficient (Wildman–Crippen LogP) is 1.89. The Morgan fingerprint density at radius 2 is 2.37 bits per heavy atom. The topological polar surface area (TPSA) is 61.7 Å². The zero-order valence-electron chi connectivity index (χ0n) is 10.6. The molecule has 0 saturated carbocycles. The van der Waals surface area contributed by atoms with Crippen molar-refractivity contribution in [1.82, 2.24) is 19.3 Å². The van der Waals surface area contributed by atoms with Crippen LogP contribution in [0.25, 0.3) is 10.7 Å². The highest BCUT2D eigenvalue weighted by Gasteiger charge is 2.18. The number of nitrogens with two attached hydrogens (primary N) is 1. The summed E-state index contributed by atoms with van der Waals surface area (Å²) in [7, 11) is 1.91. The van der Waals surface area contributed by atoms with Gasteiger partial charge in [-0.05, 0) is 11.4 Å². The van der Waals surface area contributed by atoms with Crippen molar-refractivity contribution in [3.05, 3.63) is 47.9 Å². The average molecular weight is 273 g/mol. The first-order valence-electron chi connectivity index (χ1n) is 6.05. The van der Waals surface area contributed by atoms with Crippen LogP contribution in [0.15, 0.2) is 42.3 Å². The number of aryl methyl sites for hydroxylation is 1. The minimum Gasteiger partial charge on any atom is -0.328 e. The molecule has 98 valence electrons. The lowest BCUT2D eigenvalue weighted by molar-refractivity contribution is 0.600. The monoisotopic (exact) mass is 273 g/mol. The Hall–Kier alpha value is -1.92. The molecule has 1 atom stereocenters. The maximum absolute atomic E-state index is 5.95. The molecule has 0 radical (unpaired) electrons. The van der Waals surface area contributed by atoms with Crippen LogP contribution in [-0.4, -0.2) is 25.9 Å². The summed E-state index contributed by atoms with van der Waals surface area (Å²) in [4.78, 5) is 5.60. The van der Waals surface area contributed by atoms with E-state index in [0.717, 1.165) is 16.3 Å². The van der Waals surface area contributed by atoms with Crippen LogP contribution in [0, 0.1) is 0 Å². The Kier molecular flexibility index (Phi) is 3.18. The zero-order valence-corrected chi connectivity index (χ0v) is 11.4. The SMILES string of the molecule is Cn1cc(C(CN)n2ccnc2-c2cccs2)cn1. The number of rotatable bonds is 4. The van der Waals surface area contributed by atoms with Crippen LogP contribution >= 0.6 is 11.3 Å². The number of aromatic nitrogens is 4. The van der Waals surface area contributed by atoms with Gasteiger partial charge < -0.3 is 10.3 Å². The van der Waals surface area contributed by atoms with Gasteiger partial charge in [0.25, 0.3) is 0 Å². The van der Waals surface area contributed by atoms with Gasteiger partial charge in [0.15, 0.2) is 5.82 Å². The van der Waals surface area contributed by atoms with Crippen molar-refractivity contribution in [1.29, 1.82) is 0 Å². The molecule has 0 saturated heterocycles. The molecule has 5 nitrogen and oxygen atoms in total. The molecule has 0 aliphatic heterocycles. The summed E-state index contributed by atoms with van der Waals surface area (Å²) in [5.41, 5.74) is 7.04. The minimum atomic E-state index is 0.0632. The van der Waals surface area contributed by atoms with Gasteiger partial charge >= 0.3 is 0 Å². The van der Waals surface area contributed by atoms with Gasteiger partial charge in [-0.1, -0.05) is 6.07 Å². The summed E-state index contributed by atoms with van der Waals surface area (Å²) in [6.45, 7) is 0.514. The first kappa shape index (κ1) is 12.1. The van der Waals surface area contributed by atoms with Gasteiger partial charge in [0.2, 0.25) is 0 Å². The molecule has 2 N–H and O–H groups in total. The molecule has 19 heavy (non-hydrogen) atoms. The molecule has 1 unspecified atom stereocenters. The van der Waals surface area contributed by atoms with E-state index in [4.69, 9.17) is 5.73 Å². The molecule has 6 heteroatoms. The Labute approximate surface area is 115 Å². The lowest BCUT2D eigenvalue weighted by Crippen LogP contribution is -2.20. The van der Waals surface area contributed by atoms with Crippen molar-refractivity contribution >= 4 is 11.3 Å². The Morgan fingerprint density at radius 1 is 1.47 bits per heavy atom. The van der Waals surface area contributed by atoms with Crippen LogP contribution in [0.4, 0.5) is 0 Å². The van der Waals surface area contributed by atoms with E-state index in [9.17, 15) is 0 Å². The second-order valence-electron chi connectivity index (χ2n) is 4.33. The highest BCUT2D eigenvalue weighted by Crippen LogP contribution is 2.27. The van der Waals surface area contributed by atoms with Gasteiger partial charge in [-0.15, -0.1) is 11.3 Å². The normalized spacial score (nSPS) is 12.7. The molecule has 3 rings (SSSR count). The Bertz CT molecular complexity index is 652. The van der Waals surface area contributed by atoms with Crippen molar-refractivity contribution in [3.63, 3.8) is 0 Å². The fraction of sp³-hybridized carbons (Fsp3) is 0.231. The van der Waals surface area contributed by atoms with Crippen molar-refractivity contribution in [2.24, 2.45) is 12.8 Å². The fourth-order valence-electron chi connectivity index (χ4n) is 2.18. The Morgan fingerprint density at radius 3 is 3.00 bits per heavy atom. The summed E-state index contributed by atoms with van der Waals surface area (Å²) in [5.74, 6) is 0.953. The molecule has 3 aromatic heterocycles. The summed E-state index contributed by atoms with van der Waals surface area (Å²) >= 11 is 1.68. The predicted molar refractivity (Wildman–Crippen MR) is 75.9 cm³/mol. The molecule has 0 aromatic carbocycles. The summed E-state index contributed by atoms with van der Waals surface area (Å²) < 4.78 is 3.91. The van der Waals surface area contributed by atoms with E-state index in [0.29, 0.717) is 6.54 Å². The highest BCUT2D eigenvalue weighted by atomic mass is 32.1. The van der Waals surface area contributed by atoms with Gasteiger partial charge in [-0.25, -0.2) is 4.98 Å². The molecule has 0 aliphatic carbocycles. The van der Waals surface area contributed by atoms with Crippen LogP contribution in [0.2, 0.25) is 0 Å². The summed E-state index contributed by atoms with van der Waals surface area (Å²) in [5, 5.41) is 6.27. The molecule has 3 heterocycles. The molecule has 0 fully saturated rings. The molecular formula is C13H15N5S. The smallest absolute Gasteiger partial charge is 0.150 e. The second kappa shape index (κ2) is 4.99. The third-order valence-corrected chi connectivity index (χ3v) is 3.94. The van der Waals surface area contributed by atoms with Crippen LogP contribution in [0.1, 0.15) is 11.6 Å². The number of hydrogen-bond donors (Lipinski definition) is 1. The lowest BCUT2D eigenvalue weighted by Gasteiger charge is -2.17. The van der Waals surface area contributed by atoms with E-state index in [1.165, 1.54) is 0 Å². The van der Waals surface area contributed by atoms with E-state index < -0.39 is 0 Å². The molecule has 0 aliphatic rings. The van der Waals surface area contributed by atoms with Crippen molar-refractivity contribution in [2.45, 2.75) is 6.04 Å². The van der Waals surface area contributed by atoms with Crippen LogP contribution in [0.5, 0.6) is 0 Å². The van der Waals surface area contributed by atoms with E-state index in [1.807, 2.05) is 37.9 Å². The minimum absolute atomic E-state index is 0.0632. The lowest BCUT2D eigenvalue weighted by atomic mass is 10.1. The van der Waals surface area contributed by atoms with Gasteiger partial charge in [-0.3, -0.25) is 4.68 Å². The van der Waals surface area contributed by atoms with Crippen molar-refractivity contribution in [2.75, 3.05) is 6.54 Å². The zero-order chi connectivity index (χ0) is 13.2. The fourth-order valence-corrected chi connectivity index (χ4v) is 2.91. The van der Waals surface area contributed by atoms with Crippen LogP contribution in [0.3, 0.4) is 0 Å². The molecule has 0 amide bonds. The van der Waals surface area contributed by atoms with E-state index in [-0.39, 0.29) is 6.04 Å². The summed E-state index contributed by atoms with van der Waals surface area (Å²) in [6.07, 6.45) is 7.64.